The number of nitrogens with zero attached hydrogens (tertiary/aromatic N) is 1. The van der Waals surface area contributed by atoms with Crippen molar-refractivity contribution in [2.45, 2.75) is 32.1 Å². The molecule has 0 spiro atoms. The largest absolute Gasteiger partial charge is 0.399 e. The van der Waals surface area contributed by atoms with Crippen LogP contribution in [0.2, 0.25) is 0 Å². The average molecular weight is 320 g/mol. The van der Waals surface area contributed by atoms with E-state index in [0.717, 1.165) is 28.1 Å². The van der Waals surface area contributed by atoms with Crippen molar-refractivity contribution in [2.75, 3.05) is 11.1 Å². The number of hydrogen-bond acceptors (Lipinski definition) is 3. The lowest BCUT2D eigenvalue weighted by atomic mass is 9.85. The summed E-state index contributed by atoms with van der Waals surface area (Å²) >= 11 is 0. The second-order valence-electron chi connectivity index (χ2n) is 6.51. The number of nitrogens with one attached hydrogen (secondary N) is 2. The highest BCUT2D eigenvalue weighted by Crippen LogP contribution is 2.35. The Morgan fingerprint density at radius 3 is 2.83 bits per heavy atom. The van der Waals surface area contributed by atoms with E-state index in [0.29, 0.717) is 17.2 Å². The van der Waals surface area contributed by atoms with E-state index in [1.165, 1.54) is 19.3 Å². The summed E-state index contributed by atoms with van der Waals surface area (Å²) < 4.78 is 0. The van der Waals surface area contributed by atoms with Gasteiger partial charge >= 0.3 is 0 Å². The van der Waals surface area contributed by atoms with Gasteiger partial charge in [0.25, 0.3) is 5.91 Å². The predicted octanol–water partition coefficient (Wildman–Crippen LogP) is 3.97. The molecular weight excluding hydrogens is 300 g/mol. The number of aryl methyl sites for hydroxylation is 1. The average Bonchev–Trinajstić information content (AvgIpc) is 2.90. The molecule has 0 unspecified atom stereocenters. The minimum atomic E-state index is -0.155. The van der Waals surface area contributed by atoms with Crippen LogP contribution in [0.4, 0.5) is 11.4 Å². The molecule has 4 N–H and O–H groups in total. The summed E-state index contributed by atoms with van der Waals surface area (Å²) in [6.07, 6.45) is 3.69. The molecule has 1 saturated carbocycles. The molecule has 24 heavy (non-hydrogen) atoms. The van der Waals surface area contributed by atoms with E-state index in [1.807, 2.05) is 31.2 Å². The van der Waals surface area contributed by atoms with Crippen LogP contribution in [0, 0.1) is 6.92 Å². The maximum absolute atomic E-state index is 12.5. The van der Waals surface area contributed by atoms with Gasteiger partial charge in [-0.1, -0.05) is 12.5 Å². The van der Waals surface area contributed by atoms with E-state index in [2.05, 4.69) is 15.3 Å². The van der Waals surface area contributed by atoms with Crippen molar-refractivity contribution in [3.8, 4) is 0 Å². The molecule has 1 fully saturated rings. The number of nitrogens with two attached hydrogens (primary N) is 1. The molecule has 0 radical (unpaired) electrons. The molecule has 0 saturated heterocycles. The minimum Gasteiger partial charge on any atom is -0.399 e. The molecule has 1 aliphatic rings. The molecule has 0 aliphatic heterocycles. The quantitative estimate of drug-likeness (QED) is 0.638. The fraction of sp³-hybridized carbons (Fsp3) is 0.263. The van der Waals surface area contributed by atoms with Gasteiger partial charge in [-0.15, -0.1) is 0 Å². The van der Waals surface area contributed by atoms with Crippen LogP contribution < -0.4 is 11.1 Å². The van der Waals surface area contributed by atoms with Crippen LogP contribution in [-0.2, 0) is 0 Å². The van der Waals surface area contributed by atoms with E-state index < -0.39 is 0 Å². The summed E-state index contributed by atoms with van der Waals surface area (Å²) in [6.45, 7) is 1.90. The van der Waals surface area contributed by atoms with Crippen LogP contribution >= 0.6 is 0 Å². The molecule has 122 valence electrons. The number of fused-ring (bicyclic) bond motifs is 1. The maximum Gasteiger partial charge on any atom is 0.256 e. The normalized spacial score (nSPS) is 14.5. The number of carbonyl (C=O) groups is 1. The Kier molecular flexibility index (Phi) is 3.49. The zero-order chi connectivity index (χ0) is 16.7. The Morgan fingerprint density at radius 2 is 2.08 bits per heavy atom. The molecule has 1 aliphatic carbocycles. The van der Waals surface area contributed by atoms with Gasteiger partial charge in [-0.3, -0.25) is 4.79 Å². The smallest absolute Gasteiger partial charge is 0.256 e. The Labute approximate surface area is 140 Å². The molecule has 0 bridgehead atoms. The van der Waals surface area contributed by atoms with Gasteiger partial charge in [0.05, 0.1) is 11.0 Å². The molecular formula is C19H20N4O. The van der Waals surface area contributed by atoms with Crippen molar-refractivity contribution < 1.29 is 4.79 Å². The number of rotatable bonds is 3. The molecule has 1 amide bonds. The van der Waals surface area contributed by atoms with Gasteiger partial charge in [0.1, 0.15) is 5.82 Å². The van der Waals surface area contributed by atoms with Gasteiger partial charge < -0.3 is 16.0 Å². The highest BCUT2D eigenvalue weighted by molar-refractivity contribution is 6.06. The third-order valence-electron chi connectivity index (χ3n) is 4.76. The zero-order valence-corrected chi connectivity index (χ0v) is 13.6. The van der Waals surface area contributed by atoms with Gasteiger partial charge in [-0.05, 0) is 55.7 Å². The number of aromatic amines is 1. The van der Waals surface area contributed by atoms with Gasteiger partial charge in [-0.2, -0.15) is 0 Å². The third kappa shape index (κ3) is 2.62. The van der Waals surface area contributed by atoms with E-state index in [-0.39, 0.29) is 5.91 Å². The standard InChI is InChI=1S/C19H20N4O/c1-11-5-6-13(20)9-15(11)19(24)21-14-7-8-16-17(10-14)23-18(22-16)12-3-2-4-12/h5-10,12H,2-4,20H2,1H3,(H,21,24)(H,22,23). The number of nitrogen functional groups attached to an aromatic ring is 1. The molecule has 5 nitrogen and oxygen atoms in total. The third-order valence-corrected chi connectivity index (χ3v) is 4.76. The minimum absolute atomic E-state index is 0.155. The fourth-order valence-electron chi connectivity index (χ4n) is 3.06. The first-order valence-corrected chi connectivity index (χ1v) is 8.27. The number of anilines is 2. The first-order chi connectivity index (χ1) is 11.6. The monoisotopic (exact) mass is 320 g/mol. The number of imidazole rings is 1. The molecule has 1 heterocycles. The van der Waals surface area contributed by atoms with Crippen molar-refractivity contribution >= 4 is 28.3 Å². The lowest BCUT2D eigenvalue weighted by Crippen LogP contribution is -2.13. The number of H-pyrrole nitrogens is 1. The van der Waals surface area contributed by atoms with E-state index in [1.54, 1.807) is 12.1 Å². The summed E-state index contributed by atoms with van der Waals surface area (Å²) in [6, 6.07) is 11.1. The van der Waals surface area contributed by atoms with Gasteiger partial charge in [-0.25, -0.2) is 4.98 Å². The van der Waals surface area contributed by atoms with Gasteiger partial charge in [0, 0.05) is 22.9 Å². The summed E-state index contributed by atoms with van der Waals surface area (Å²) in [5, 5.41) is 2.94. The lowest BCUT2D eigenvalue weighted by molar-refractivity contribution is 0.102. The highest BCUT2D eigenvalue weighted by atomic mass is 16.1. The first kappa shape index (κ1) is 14.8. The maximum atomic E-state index is 12.5. The molecule has 1 aromatic heterocycles. The summed E-state index contributed by atoms with van der Waals surface area (Å²) in [4.78, 5) is 20.5. The van der Waals surface area contributed by atoms with Crippen LogP contribution in [0.1, 0.15) is 46.9 Å². The molecule has 2 aromatic carbocycles. The number of aromatic nitrogens is 2. The van der Waals surface area contributed by atoms with Crippen LogP contribution in [0.5, 0.6) is 0 Å². The second-order valence-corrected chi connectivity index (χ2v) is 6.51. The van der Waals surface area contributed by atoms with Crippen molar-refractivity contribution in [3.63, 3.8) is 0 Å². The van der Waals surface area contributed by atoms with Crippen LogP contribution in [0.25, 0.3) is 11.0 Å². The van der Waals surface area contributed by atoms with E-state index in [4.69, 9.17) is 5.73 Å². The number of benzene rings is 2. The second kappa shape index (κ2) is 5.67. The predicted molar refractivity (Wildman–Crippen MR) is 96.2 cm³/mol. The summed E-state index contributed by atoms with van der Waals surface area (Å²) in [5.74, 6) is 1.47. The lowest BCUT2D eigenvalue weighted by Gasteiger charge is -2.22. The van der Waals surface area contributed by atoms with E-state index >= 15 is 0 Å². The molecule has 0 atom stereocenters. The number of amides is 1. The Hall–Kier alpha value is -2.82. The molecule has 5 heteroatoms. The van der Waals surface area contributed by atoms with Crippen molar-refractivity contribution in [1.29, 1.82) is 0 Å². The number of hydrogen-bond donors (Lipinski definition) is 3. The Balaban J connectivity index is 1.59. The van der Waals surface area contributed by atoms with E-state index in [9.17, 15) is 4.79 Å². The summed E-state index contributed by atoms with van der Waals surface area (Å²) in [7, 11) is 0. The Morgan fingerprint density at radius 1 is 1.25 bits per heavy atom. The van der Waals surface area contributed by atoms with Crippen LogP contribution in [0.3, 0.4) is 0 Å². The van der Waals surface area contributed by atoms with Crippen molar-refractivity contribution in [2.24, 2.45) is 0 Å². The molecule has 4 rings (SSSR count). The SMILES string of the molecule is Cc1ccc(N)cc1C(=O)Nc1ccc2nc(C3CCC3)[nH]c2c1. The zero-order valence-electron chi connectivity index (χ0n) is 13.6. The van der Waals surface area contributed by atoms with Crippen molar-refractivity contribution in [1.82, 2.24) is 9.97 Å². The van der Waals surface area contributed by atoms with Crippen LogP contribution in [-0.4, -0.2) is 15.9 Å². The Bertz CT molecular complexity index is 924. The fourth-order valence-corrected chi connectivity index (χ4v) is 3.06. The van der Waals surface area contributed by atoms with Crippen LogP contribution in [0.15, 0.2) is 36.4 Å². The molecule has 3 aromatic rings. The first-order valence-electron chi connectivity index (χ1n) is 8.27. The summed E-state index contributed by atoms with van der Waals surface area (Å²) in [5.41, 5.74) is 10.5. The van der Waals surface area contributed by atoms with Gasteiger partial charge in [0.15, 0.2) is 0 Å². The topological polar surface area (TPSA) is 83.8 Å². The van der Waals surface area contributed by atoms with Gasteiger partial charge in [0.2, 0.25) is 0 Å². The number of carbonyl (C=O) groups excluding carboxylic acids is 1. The highest BCUT2D eigenvalue weighted by Gasteiger charge is 2.22. The van der Waals surface area contributed by atoms with Crippen molar-refractivity contribution in [3.05, 3.63) is 53.3 Å².